The van der Waals surface area contributed by atoms with Crippen LogP contribution in [0.4, 0.5) is 0 Å². The second kappa shape index (κ2) is 13.5. The van der Waals surface area contributed by atoms with Crippen LogP contribution in [-0.2, 0) is 27.0 Å². The Kier molecular flexibility index (Phi) is 13.2. The van der Waals surface area contributed by atoms with Gasteiger partial charge in [-0.05, 0) is 37.5 Å². The quantitative estimate of drug-likeness (QED) is 0.238. The molecule has 0 fully saturated rings. The van der Waals surface area contributed by atoms with Gasteiger partial charge < -0.3 is 15.3 Å². The van der Waals surface area contributed by atoms with Crippen molar-refractivity contribution < 1.29 is 42.3 Å². The average molecular weight is 429 g/mol. The second-order valence-corrected chi connectivity index (χ2v) is 8.99. The Morgan fingerprint density at radius 2 is 1.11 bits per heavy atom. The summed E-state index contributed by atoms with van der Waals surface area (Å²) in [5.41, 5.74) is 7.05. The maximum absolute atomic E-state index is 12.8. The average Bonchev–Trinajstić information content (AvgIpc) is 2.57. The van der Waals surface area contributed by atoms with E-state index in [2.05, 4.69) is 0 Å². The lowest BCUT2D eigenvalue weighted by Crippen LogP contribution is -2.09. The molecule has 158 valence electrons. The van der Waals surface area contributed by atoms with Crippen LogP contribution < -0.4 is 5.50 Å². The third-order valence-electron chi connectivity index (χ3n) is 2.91. The molecule has 0 aliphatic heterocycles. The molecule has 27 heavy (non-hydrogen) atoms. The molecule has 0 bridgehead atoms. The molecule has 0 aliphatic rings. The van der Waals surface area contributed by atoms with E-state index in [0.717, 1.165) is 0 Å². The molecule has 0 rings (SSSR count). The van der Waals surface area contributed by atoms with Crippen molar-refractivity contribution in [3.63, 3.8) is 0 Å². The highest BCUT2D eigenvalue weighted by Crippen LogP contribution is 2.62. The lowest BCUT2D eigenvalue weighted by Gasteiger charge is -2.21. The molecule has 1 unspecified atom stereocenters. The van der Waals surface area contributed by atoms with Gasteiger partial charge >= 0.3 is 15.6 Å². The number of aliphatic hydroxyl groups excluding tert-OH is 3. The Labute approximate surface area is 159 Å². The van der Waals surface area contributed by atoms with E-state index in [1.807, 2.05) is 0 Å². The lowest BCUT2D eigenvalue weighted by atomic mass is 10.3. The van der Waals surface area contributed by atoms with Gasteiger partial charge in [0, 0.05) is 0 Å². The topological polar surface area (TPSA) is 158 Å². The SMILES string of the molecule is C/C(=C\CO)COP(N)(=O)OP(=O)(OC/C(C)=C/CO)OC/C(C)=C/CO. The predicted molar refractivity (Wildman–Crippen MR) is 101 cm³/mol. The minimum atomic E-state index is -4.40. The van der Waals surface area contributed by atoms with Crippen molar-refractivity contribution in [1.29, 1.82) is 0 Å². The molecule has 0 radical (unpaired) electrons. The summed E-state index contributed by atoms with van der Waals surface area (Å²) in [5, 5.41) is 26.5. The van der Waals surface area contributed by atoms with Crippen LogP contribution in [-0.4, -0.2) is 55.0 Å². The molecule has 0 amide bonds. The fourth-order valence-corrected chi connectivity index (χ4v) is 4.31. The van der Waals surface area contributed by atoms with Crippen LogP contribution in [0.5, 0.6) is 0 Å². The van der Waals surface area contributed by atoms with Crippen molar-refractivity contribution in [3.8, 4) is 0 Å². The summed E-state index contributed by atoms with van der Waals surface area (Å²) in [6.07, 6.45) is 4.25. The maximum Gasteiger partial charge on any atom is 0.483 e. The van der Waals surface area contributed by atoms with Crippen LogP contribution in [0.3, 0.4) is 0 Å². The number of rotatable bonds is 14. The van der Waals surface area contributed by atoms with E-state index < -0.39 is 15.6 Å². The number of nitrogens with two attached hydrogens (primary N) is 1. The Bertz CT molecular complexity index is 603. The minimum absolute atomic E-state index is 0.221. The van der Waals surface area contributed by atoms with E-state index in [1.165, 1.54) is 18.2 Å². The maximum atomic E-state index is 12.8. The minimum Gasteiger partial charge on any atom is -0.392 e. The zero-order chi connectivity index (χ0) is 20.9. The van der Waals surface area contributed by atoms with Crippen LogP contribution in [0.15, 0.2) is 34.9 Å². The van der Waals surface area contributed by atoms with Crippen molar-refractivity contribution in [2.75, 3.05) is 39.6 Å². The zero-order valence-electron chi connectivity index (χ0n) is 15.7. The Morgan fingerprint density at radius 3 is 1.44 bits per heavy atom. The summed E-state index contributed by atoms with van der Waals surface area (Å²) in [5.74, 6) is 0. The van der Waals surface area contributed by atoms with Crippen molar-refractivity contribution in [2.24, 2.45) is 5.50 Å². The first-order valence-corrected chi connectivity index (χ1v) is 11.1. The Balaban J connectivity index is 5.17. The molecule has 0 saturated heterocycles. The monoisotopic (exact) mass is 429 g/mol. The van der Waals surface area contributed by atoms with Gasteiger partial charge in [-0.2, -0.15) is 4.31 Å². The largest absolute Gasteiger partial charge is 0.483 e. The molecule has 0 spiro atoms. The first-order chi connectivity index (χ1) is 12.6. The van der Waals surface area contributed by atoms with Crippen molar-refractivity contribution in [3.05, 3.63) is 34.9 Å². The summed E-state index contributed by atoms with van der Waals surface area (Å²) in [4.78, 5) is 0. The first kappa shape index (κ1) is 26.4. The lowest BCUT2D eigenvalue weighted by molar-refractivity contribution is 0.161. The molecular formula is C15H29NO9P2. The van der Waals surface area contributed by atoms with Crippen molar-refractivity contribution >= 4 is 15.6 Å². The molecule has 0 saturated carbocycles. The molecule has 0 heterocycles. The van der Waals surface area contributed by atoms with Gasteiger partial charge in [0.2, 0.25) is 0 Å². The molecule has 10 nitrogen and oxygen atoms in total. The summed E-state index contributed by atoms with van der Waals surface area (Å²) in [7, 11) is -8.71. The van der Waals surface area contributed by atoms with E-state index in [4.69, 9.17) is 38.7 Å². The smallest absolute Gasteiger partial charge is 0.392 e. The molecule has 0 aromatic carbocycles. The molecule has 12 heteroatoms. The predicted octanol–water partition coefficient (Wildman–Crippen LogP) is 2.04. The normalized spacial score (nSPS) is 16.5. The highest BCUT2D eigenvalue weighted by molar-refractivity contribution is 7.63. The molecule has 1 atom stereocenters. The summed E-state index contributed by atoms with van der Waals surface area (Å²) >= 11 is 0. The van der Waals surface area contributed by atoms with Gasteiger partial charge in [0.25, 0.3) is 0 Å². The number of phosphoric ester groups is 1. The standard InChI is InChI=1S/C15H29NO9P2/c1-13(4-7-17)10-22-26(16,20)25-27(21,23-11-14(2)5-8-18)24-12-15(3)6-9-19/h4-6,17-19H,7-12H2,1-3H3,(H2,16,20)/b13-4+,14-5+,15-6+. The van der Waals surface area contributed by atoms with Crippen LogP contribution in [0.1, 0.15) is 20.8 Å². The van der Waals surface area contributed by atoms with E-state index in [9.17, 15) is 9.13 Å². The Morgan fingerprint density at radius 1 is 0.778 bits per heavy atom. The van der Waals surface area contributed by atoms with Crippen LogP contribution in [0.25, 0.3) is 0 Å². The molecular weight excluding hydrogens is 400 g/mol. The van der Waals surface area contributed by atoms with Crippen LogP contribution in [0.2, 0.25) is 0 Å². The fourth-order valence-electron chi connectivity index (χ4n) is 1.45. The summed E-state index contributed by atoms with van der Waals surface area (Å²) < 4.78 is 45.1. The van der Waals surface area contributed by atoms with E-state index in [0.29, 0.717) is 16.7 Å². The molecule has 0 aromatic rings. The van der Waals surface area contributed by atoms with E-state index >= 15 is 0 Å². The van der Waals surface area contributed by atoms with Crippen molar-refractivity contribution in [2.45, 2.75) is 20.8 Å². The molecule has 0 aliphatic carbocycles. The fraction of sp³-hybridized carbons (Fsp3) is 0.600. The van der Waals surface area contributed by atoms with E-state index in [1.54, 1.807) is 20.8 Å². The Hall–Kier alpha value is -0.640. The molecule has 0 aromatic heterocycles. The van der Waals surface area contributed by atoms with Gasteiger partial charge in [-0.15, -0.1) is 0 Å². The van der Waals surface area contributed by atoms with Gasteiger partial charge in [-0.3, -0.25) is 13.6 Å². The van der Waals surface area contributed by atoms with Gasteiger partial charge in [0.15, 0.2) is 0 Å². The second-order valence-electron chi connectivity index (χ2n) is 5.59. The number of hydrogen-bond acceptors (Lipinski definition) is 9. The van der Waals surface area contributed by atoms with Gasteiger partial charge in [0.1, 0.15) is 0 Å². The number of phosphoric acid groups is 1. The molecule has 5 N–H and O–H groups in total. The summed E-state index contributed by atoms with van der Waals surface area (Å²) in [6.45, 7) is 3.42. The number of hydrogen-bond donors (Lipinski definition) is 4. The first-order valence-electron chi connectivity index (χ1n) is 8.00. The van der Waals surface area contributed by atoms with Crippen LogP contribution >= 0.6 is 15.6 Å². The van der Waals surface area contributed by atoms with Crippen molar-refractivity contribution in [1.82, 2.24) is 0 Å². The van der Waals surface area contributed by atoms with Gasteiger partial charge in [-0.1, -0.05) is 18.2 Å². The highest BCUT2D eigenvalue weighted by Gasteiger charge is 2.37. The zero-order valence-corrected chi connectivity index (χ0v) is 17.5. The third kappa shape index (κ3) is 13.2. The highest BCUT2D eigenvalue weighted by atomic mass is 31.3. The third-order valence-corrected chi connectivity index (χ3v) is 6.00. The summed E-state index contributed by atoms with van der Waals surface area (Å²) in [6, 6.07) is 0. The van der Waals surface area contributed by atoms with Gasteiger partial charge in [0.05, 0.1) is 39.6 Å². The number of aliphatic hydroxyl groups is 3. The van der Waals surface area contributed by atoms with E-state index in [-0.39, 0.29) is 39.6 Å². The van der Waals surface area contributed by atoms with Gasteiger partial charge in [-0.25, -0.2) is 14.6 Å². The van der Waals surface area contributed by atoms with Crippen LogP contribution in [0, 0.1) is 0 Å².